The number of aromatic nitrogens is 2. The van der Waals surface area contributed by atoms with Crippen molar-refractivity contribution in [2.45, 2.75) is 29.1 Å². The van der Waals surface area contributed by atoms with Crippen LogP contribution in [0.3, 0.4) is 0 Å². The van der Waals surface area contributed by atoms with E-state index in [0.29, 0.717) is 6.54 Å². The molecule has 2 N–H and O–H groups in total. The van der Waals surface area contributed by atoms with E-state index in [2.05, 4.69) is 38.3 Å². The number of aryl methyl sites for hydroxylation is 1. The summed E-state index contributed by atoms with van der Waals surface area (Å²) in [7, 11) is 0. The molecule has 0 unspecified atom stereocenters. The normalized spacial score (nSPS) is 10.8. The predicted octanol–water partition coefficient (Wildman–Crippen LogP) is 3.47. The highest BCUT2D eigenvalue weighted by atomic mass is 79.9. The van der Waals surface area contributed by atoms with Crippen LogP contribution in [0.1, 0.15) is 18.3 Å². The molecule has 0 aliphatic carbocycles. The van der Waals surface area contributed by atoms with Gasteiger partial charge in [0.2, 0.25) is 0 Å². The lowest BCUT2D eigenvalue weighted by molar-refractivity contribution is 0.970. The number of benzene rings is 1. The van der Waals surface area contributed by atoms with Crippen molar-refractivity contribution in [3.8, 4) is 0 Å². The van der Waals surface area contributed by atoms with Crippen molar-refractivity contribution in [1.82, 2.24) is 9.36 Å². The molecule has 0 fully saturated rings. The summed E-state index contributed by atoms with van der Waals surface area (Å²) in [6, 6.07) is 6.11. The van der Waals surface area contributed by atoms with Gasteiger partial charge >= 0.3 is 0 Å². The molecule has 3 nitrogen and oxygen atoms in total. The lowest BCUT2D eigenvalue weighted by atomic mass is 10.2. The Labute approximate surface area is 117 Å². The summed E-state index contributed by atoms with van der Waals surface area (Å²) in [5.41, 5.74) is 6.86. The van der Waals surface area contributed by atoms with Crippen LogP contribution in [0.4, 0.5) is 0 Å². The molecule has 0 saturated heterocycles. The Bertz CT molecular complexity index is 513. The van der Waals surface area contributed by atoms with Gasteiger partial charge in [0.15, 0.2) is 4.34 Å². The largest absolute Gasteiger partial charge is 0.326 e. The van der Waals surface area contributed by atoms with Crippen LogP contribution in [0.2, 0.25) is 0 Å². The fraction of sp³-hybridized carbons (Fsp3) is 0.273. The molecule has 0 spiro atoms. The van der Waals surface area contributed by atoms with Gasteiger partial charge in [0.05, 0.1) is 0 Å². The number of halogens is 1. The Morgan fingerprint density at radius 2 is 2.29 bits per heavy atom. The van der Waals surface area contributed by atoms with E-state index in [0.717, 1.165) is 31.5 Å². The molecule has 17 heavy (non-hydrogen) atoms. The first-order valence-electron chi connectivity index (χ1n) is 5.22. The fourth-order valence-corrected chi connectivity index (χ4v) is 3.66. The summed E-state index contributed by atoms with van der Waals surface area (Å²) >= 11 is 6.53. The number of nitrogens with zero attached hydrogens (tertiary/aromatic N) is 2. The highest BCUT2D eigenvalue weighted by molar-refractivity contribution is 9.10. The molecule has 0 atom stereocenters. The van der Waals surface area contributed by atoms with Gasteiger partial charge < -0.3 is 5.73 Å². The van der Waals surface area contributed by atoms with Crippen LogP contribution in [0.5, 0.6) is 0 Å². The van der Waals surface area contributed by atoms with Crippen molar-refractivity contribution >= 4 is 39.2 Å². The van der Waals surface area contributed by atoms with E-state index >= 15 is 0 Å². The standard InChI is InChI=1S/C11H12BrN3S2/c1-2-10-14-11(17-15-10)16-9-5-8(12)4-3-7(9)6-13/h3-5H,2,6,13H2,1H3. The van der Waals surface area contributed by atoms with Crippen molar-refractivity contribution < 1.29 is 0 Å². The average Bonchev–Trinajstić information content (AvgIpc) is 2.77. The van der Waals surface area contributed by atoms with E-state index in [1.165, 1.54) is 11.5 Å². The molecule has 0 amide bonds. The van der Waals surface area contributed by atoms with Gasteiger partial charge in [-0.1, -0.05) is 40.7 Å². The number of hydrogen-bond donors (Lipinski definition) is 1. The van der Waals surface area contributed by atoms with E-state index in [1.807, 2.05) is 12.1 Å². The van der Waals surface area contributed by atoms with Crippen LogP contribution in [0.15, 0.2) is 31.9 Å². The lowest BCUT2D eigenvalue weighted by Crippen LogP contribution is -1.97. The third-order valence-electron chi connectivity index (χ3n) is 2.21. The minimum absolute atomic E-state index is 0.537. The van der Waals surface area contributed by atoms with Crippen molar-refractivity contribution in [3.63, 3.8) is 0 Å². The van der Waals surface area contributed by atoms with Gasteiger partial charge in [-0.3, -0.25) is 0 Å². The second-order valence-corrected chi connectivity index (χ2v) is 6.34. The molecule has 1 aromatic heterocycles. The summed E-state index contributed by atoms with van der Waals surface area (Å²) in [5, 5.41) is 0. The minimum Gasteiger partial charge on any atom is -0.326 e. The van der Waals surface area contributed by atoms with Gasteiger partial charge in [-0.15, -0.1) is 0 Å². The highest BCUT2D eigenvalue weighted by Crippen LogP contribution is 2.33. The average molecular weight is 330 g/mol. The first-order valence-corrected chi connectivity index (χ1v) is 7.60. The van der Waals surface area contributed by atoms with Gasteiger partial charge in [-0.25, -0.2) is 4.98 Å². The molecule has 90 valence electrons. The first-order chi connectivity index (χ1) is 8.22. The molecular formula is C11H12BrN3S2. The predicted molar refractivity (Wildman–Crippen MR) is 75.4 cm³/mol. The molecule has 0 bridgehead atoms. The number of rotatable bonds is 4. The fourth-order valence-electron chi connectivity index (χ4n) is 1.31. The maximum absolute atomic E-state index is 5.72. The smallest absolute Gasteiger partial charge is 0.174 e. The van der Waals surface area contributed by atoms with Crippen molar-refractivity contribution in [1.29, 1.82) is 0 Å². The van der Waals surface area contributed by atoms with Gasteiger partial charge in [0.1, 0.15) is 5.82 Å². The Morgan fingerprint density at radius 3 is 2.94 bits per heavy atom. The van der Waals surface area contributed by atoms with Crippen LogP contribution in [0.25, 0.3) is 0 Å². The molecule has 0 aliphatic rings. The van der Waals surface area contributed by atoms with Crippen LogP contribution < -0.4 is 5.73 Å². The summed E-state index contributed by atoms with van der Waals surface area (Å²) in [4.78, 5) is 5.58. The maximum Gasteiger partial charge on any atom is 0.174 e. The molecule has 0 radical (unpaired) electrons. The lowest BCUT2D eigenvalue weighted by Gasteiger charge is -2.05. The molecule has 0 saturated carbocycles. The zero-order chi connectivity index (χ0) is 12.3. The molecule has 1 heterocycles. The zero-order valence-corrected chi connectivity index (χ0v) is 12.5. The van der Waals surface area contributed by atoms with Crippen LogP contribution in [-0.4, -0.2) is 9.36 Å². The molecule has 2 rings (SSSR count). The SMILES string of the molecule is CCc1nsc(Sc2cc(Br)ccc2CN)n1. The van der Waals surface area contributed by atoms with E-state index in [-0.39, 0.29) is 0 Å². The summed E-state index contributed by atoms with van der Waals surface area (Å²) in [5.74, 6) is 0.904. The van der Waals surface area contributed by atoms with E-state index < -0.39 is 0 Å². The number of hydrogen-bond acceptors (Lipinski definition) is 5. The monoisotopic (exact) mass is 329 g/mol. The maximum atomic E-state index is 5.72. The molecular weight excluding hydrogens is 318 g/mol. The first kappa shape index (κ1) is 13.0. The summed E-state index contributed by atoms with van der Waals surface area (Å²) in [6.45, 7) is 2.59. The Balaban J connectivity index is 2.25. The Kier molecular flexibility index (Phi) is 4.55. The third-order valence-corrected chi connectivity index (χ3v) is 4.59. The van der Waals surface area contributed by atoms with Gasteiger partial charge in [-0.2, -0.15) is 4.37 Å². The summed E-state index contributed by atoms with van der Waals surface area (Å²) in [6.07, 6.45) is 0.874. The number of nitrogens with two attached hydrogens (primary N) is 1. The molecule has 0 aliphatic heterocycles. The summed E-state index contributed by atoms with van der Waals surface area (Å²) < 4.78 is 6.30. The third kappa shape index (κ3) is 3.28. The van der Waals surface area contributed by atoms with Gasteiger partial charge in [-0.05, 0) is 29.2 Å². The van der Waals surface area contributed by atoms with Crippen LogP contribution in [0, 0.1) is 0 Å². The quantitative estimate of drug-likeness (QED) is 0.933. The van der Waals surface area contributed by atoms with Crippen molar-refractivity contribution in [2.75, 3.05) is 0 Å². The zero-order valence-electron chi connectivity index (χ0n) is 9.31. The van der Waals surface area contributed by atoms with E-state index in [1.54, 1.807) is 11.8 Å². The Hall–Kier alpha value is -0.430. The Morgan fingerprint density at radius 1 is 1.47 bits per heavy atom. The van der Waals surface area contributed by atoms with Crippen molar-refractivity contribution in [3.05, 3.63) is 34.1 Å². The van der Waals surface area contributed by atoms with Crippen LogP contribution >= 0.6 is 39.2 Å². The second-order valence-electron chi connectivity index (χ2n) is 3.39. The van der Waals surface area contributed by atoms with E-state index in [4.69, 9.17) is 5.73 Å². The van der Waals surface area contributed by atoms with Gasteiger partial charge in [0, 0.05) is 22.3 Å². The highest BCUT2D eigenvalue weighted by Gasteiger charge is 2.08. The second kappa shape index (κ2) is 5.95. The van der Waals surface area contributed by atoms with Crippen LogP contribution in [-0.2, 0) is 13.0 Å². The van der Waals surface area contributed by atoms with Gasteiger partial charge in [0.25, 0.3) is 0 Å². The molecule has 6 heteroatoms. The van der Waals surface area contributed by atoms with E-state index in [9.17, 15) is 0 Å². The molecule has 1 aromatic carbocycles. The minimum atomic E-state index is 0.537. The van der Waals surface area contributed by atoms with Crippen molar-refractivity contribution in [2.24, 2.45) is 5.73 Å². The topological polar surface area (TPSA) is 51.8 Å². The molecule has 2 aromatic rings.